The lowest BCUT2D eigenvalue weighted by atomic mass is 10.2. The van der Waals surface area contributed by atoms with Crippen molar-refractivity contribution in [2.24, 2.45) is 0 Å². The largest absolute Gasteiger partial charge is 0.440 e. The molecule has 3 heteroatoms. The van der Waals surface area contributed by atoms with Crippen LogP contribution in [-0.2, 0) is 6.42 Å². The Kier molecular flexibility index (Phi) is 2.73. The molecule has 2 aromatic rings. The predicted molar refractivity (Wildman–Crippen MR) is 57.8 cm³/mol. The fraction of sp³-hybridized carbons (Fsp3) is 0.364. The number of aromatic nitrogens is 1. The molecule has 0 bridgehead atoms. The summed E-state index contributed by atoms with van der Waals surface area (Å²) in [4.78, 5) is 4.39. The third-order valence-corrected chi connectivity index (χ3v) is 2.45. The molecule has 0 spiro atoms. The summed E-state index contributed by atoms with van der Waals surface area (Å²) in [7, 11) is 0. The fourth-order valence-electron chi connectivity index (χ4n) is 1.46. The molecule has 0 atom stereocenters. The van der Waals surface area contributed by atoms with Gasteiger partial charge in [-0.05, 0) is 25.0 Å². The summed E-state index contributed by atoms with van der Waals surface area (Å²) in [5, 5.41) is 0. The Morgan fingerprint density at radius 2 is 2.29 bits per heavy atom. The van der Waals surface area contributed by atoms with Crippen LogP contribution >= 0.6 is 11.6 Å². The maximum atomic E-state index is 5.63. The summed E-state index contributed by atoms with van der Waals surface area (Å²) in [5.74, 6) is 1.44. The molecular formula is C11H12ClNO. The zero-order valence-electron chi connectivity index (χ0n) is 8.09. The number of alkyl halides is 1. The number of fused-ring (bicyclic) bond motifs is 1. The second-order valence-electron chi connectivity index (χ2n) is 3.32. The molecule has 1 aromatic heterocycles. The van der Waals surface area contributed by atoms with E-state index in [1.54, 1.807) is 0 Å². The maximum Gasteiger partial charge on any atom is 0.195 e. The highest BCUT2D eigenvalue weighted by molar-refractivity contribution is 6.17. The van der Waals surface area contributed by atoms with Crippen LogP contribution in [0.1, 0.15) is 17.9 Å². The molecule has 1 heterocycles. The van der Waals surface area contributed by atoms with Gasteiger partial charge in [-0.15, -0.1) is 11.6 Å². The van der Waals surface area contributed by atoms with E-state index in [1.165, 1.54) is 0 Å². The summed E-state index contributed by atoms with van der Waals surface area (Å²) in [6.45, 7) is 2.03. The molecule has 0 aliphatic carbocycles. The molecule has 0 amide bonds. The first-order chi connectivity index (χ1) is 6.81. The van der Waals surface area contributed by atoms with Crippen molar-refractivity contribution >= 4 is 22.7 Å². The summed E-state index contributed by atoms with van der Waals surface area (Å²) >= 11 is 5.61. The standard InChI is InChI=1S/C11H12ClNO/c1-8-4-2-5-9-11(8)14-10(13-9)6-3-7-12/h2,4-5H,3,6-7H2,1H3. The molecule has 0 radical (unpaired) electrons. The van der Waals surface area contributed by atoms with E-state index >= 15 is 0 Å². The molecule has 74 valence electrons. The van der Waals surface area contributed by atoms with Crippen LogP contribution in [0, 0.1) is 6.92 Å². The number of nitrogens with zero attached hydrogens (tertiary/aromatic N) is 1. The van der Waals surface area contributed by atoms with Crippen LogP contribution in [0.2, 0.25) is 0 Å². The molecule has 0 aliphatic heterocycles. The predicted octanol–water partition coefficient (Wildman–Crippen LogP) is 3.31. The number of aryl methyl sites for hydroxylation is 2. The van der Waals surface area contributed by atoms with E-state index in [0.29, 0.717) is 5.88 Å². The number of benzene rings is 1. The van der Waals surface area contributed by atoms with Crippen LogP contribution in [-0.4, -0.2) is 10.9 Å². The van der Waals surface area contributed by atoms with Gasteiger partial charge in [-0.3, -0.25) is 0 Å². The smallest absolute Gasteiger partial charge is 0.195 e. The molecule has 0 aliphatic rings. The van der Waals surface area contributed by atoms with Gasteiger partial charge in [-0.25, -0.2) is 4.98 Å². The molecule has 14 heavy (non-hydrogen) atoms. The van der Waals surface area contributed by atoms with E-state index in [2.05, 4.69) is 4.98 Å². The molecule has 0 fully saturated rings. The van der Waals surface area contributed by atoms with Crippen LogP contribution in [0.15, 0.2) is 22.6 Å². The lowest BCUT2D eigenvalue weighted by molar-refractivity contribution is 0.524. The summed E-state index contributed by atoms with van der Waals surface area (Å²) in [6.07, 6.45) is 1.73. The van der Waals surface area contributed by atoms with Crippen LogP contribution in [0.3, 0.4) is 0 Å². The summed E-state index contributed by atoms with van der Waals surface area (Å²) in [6, 6.07) is 5.99. The van der Waals surface area contributed by atoms with Crippen LogP contribution < -0.4 is 0 Å². The molecular weight excluding hydrogens is 198 g/mol. The zero-order chi connectivity index (χ0) is 9.97. The quantitative estimate of drug-likeness (QED) is 0.725. The SMILES string of the molecule is Cc1cccc2nc(CCCCl)oc12. The average Bonchev–Trinajstić information content (AvgIpc) is 2.59. The second kappa shape index (κ2) is 4.01. The van der Waals surface area contributed by atoms with Gasteiger partial charge in [0.05, 0.1) is 0 Å². The van der Waals surface area contributed by atoms with E-state index in [-0.39, 0.29) is 0 Å². The number of hydrogen-bond acceptors (Lipinski definition) is 2. The first-order valence-corrected chi connectivity index (χ1v) is 5.25. The van der Waals surface area contributed by atoms with Crippen molar-refractivity contribution < 1.29 is 4.42 Å². The maximum absolute atomic E-state index is 5.63. The van der Waals surface area contributed by atoms with Gasteiger partial charge in [0.1, 0.15) is 5.52 Å². The Morgan fingerprint density at radius 3 is 3.00 bits per heavy atom. The van der Waals surface area contributed by atoms with E-state index < -0.39 is 0 Å². The van der Waals surface area contributed by atoms with Gasteiger partial charge in [0.15, 0.2) is 11.5 Å². The number of oxazole rings is 1. The number of rotatable bonds is 3. The first-order valence-electron chi connectivity index (χ1n) is 4.72. The minimum Gasteiger partial charge on any atom is -0.440 e. The van der Waals surface area contributed by atoms with Gasteiger partial charge in [0, 0.05) is 12.3 Å². The van der Waals surface area contributed by atoms with Gasteiger partial charge in [0.2, 0.25) is 0 Å². The Bertz CT molecular complexity index is 436. The molecule has 0 saturated heterocycles. The highest BCUT2D eigenvalue weighted by atomic mass is 35.5. The number of halogens is 1. The van der Waals surface area contributed by atoms with E-state index in [4.69, 9.17) is 16.0 Å². The van der Waals surface area contributed by atoms with E-state index in [9.17, 15) is 0 Å². The fourth-order valence-corrected chi connectivity index (χ4v) is 1.59. The lowest BCUT2D eigenvalue weighted by Crippen LogP contribution is -1.84. The van der Waals surface area contributed by atoms with Crippen molar-refractivity contribution in [2.45, 2.75) is 19.8 Å². The third kappa shape index (κ3) is 1.75. The minimum absolute atomic E-state index is 0.651. The van der Waals surface area contributed by atoms with E-state index in [1.807, 2.05) is 25.1 Å². The van der Waals surface area contributed by atoms with Crippen LogP contribution in [0.5, 0.6) is 0 Å². The normalized spacial score (nSPS) is 11.0. The Hall–Kier alpha value is -1.02. The topological polar surface area (TPSA) is 26.0 Å². The monoisotopic (exact) mass is 209 g/mol. The first kappa shape index (κ1) is 9.53. The van der Waals surface area contributed by atoms with Crippen molar-refractivity contribution in [1.29, 1.82) is 0 Å². The van der Waals surface area contributed by atoms with Gasteiger partial charge in [-0.2, -0.15) is 0 Å². The van der Waals surface area contributed by atoms with Gasteiger partial charge in [0.25, 0.3) is 0 Å². The van der Waals surface area contributed by atoms with Crippen LogP contribution in [0.4, 0.5) is 0 Å². The minimum atomic E-state index is 0.651. The Labute approximate surface area is 87.9 Å². The Balaban J connectivity index is 2.36. The molecule has 0 N–H and O–H groups in total. The van der Waals surface area contributed by atoms with Crippen molar-refractivity contribution in [3.05, 3.63) is 29.7 Å². The molecule has 2 nitrogen and oxygen atoms in total. The average molecular weight is 210 g/mol. The van der Waals surface area contributed by atoms with Crippen molar-refractivity contribution in [3.63, 3.8) is 0 Å². The van der Waals surface area contributed by atoms with Gasteiger partial charge in [-0.1, -0.05) is 12.1 Å². The molecule has 0 unspecified atom stereocenters. The lowest BCUT2D eigenvalue weighted by Gasteiger charge is -1.90. The van der Waals surface area contributed by atoms with Gasteiger partial charge < -0.3 is 4.42 Å². The van der Waals surface area contributed by atoms with Crippen molar-refractivity contribution in [2.75, 3.05) is 5.88 Å². The van der Waals surface area contributed by atoms with E-state index in [0.717, 1.165) is 35.4 Å². The number of hydrogen-bond donors (Lipinski definition) is 0. The summed E-state index contributed by atoms with van der Waals surface area (Å²) < 4.78 is 5.63. The molecule has 0 saturated carbocycles. The molecule has 1 aromatic carbocycles. The summed E-state index contributed by atoms with van der Waals surface area (Å²) in [5.41, 5.74) is 2.97. The van der Waals surface area contributed by atoms with Crippen molar-refractivity contribution in [1.82, 2.24) is 4.98 Å². The molecule has 2 rings (SSSR count). The third-order valence-electron chi connectivity index (χ3n) is 2.18. The second-order valence-corrected chi connectivity index (χ2v) is 3.70. The van der Waals surface area contributed by atoms with Crippen LogP contribution in [0.25, 0.3) is 11.1 Å². The highest BCUT2D eigenvalue weighted by Crippen LogP contribution is 2.19. The highest BCUT2D eigenvalue weighted by Gasteiger charge is 2.06. The zero-order valence-corrected chi connectivity index (χ0v) is 8.84. The Morgan fingerprint density at radius 1 is 1.43 bits per heavy atom. The van der Waals surface area contributed by atoms with Gasteiger partial charge >= 0.3 is 0 Å². The number of para-hydroxylation sites is 1. The van der Waals surface area contributed by atoms with Crippen molar-refractivity contribution in [3.8, 4) is 0 Å².